The van der Waals surface area contributed by atoms with Gasteiger partial charge >= 0.3 is 5.97 Å². The van der Waals surface area contributed by atoms with Gasteiger partial charge in [0.2, 0.25) is 0 Å². The van der Waals surface area contributed by atoms with E-state index < -0.39 is 5.60 Å². The molecule has 0 radical (unpaired) electrons. The van der Waals surface area contributed by atoms with Crippen LogP contribution in [-0.2, 0) is 10.3 Å². The summed E-state index contributed by atoms with van der Waals surface area (Å²) in [6.07, 6.45) is 0. The standard InChI is InChI=1S/C32H30N2O3/c1-19(2)25-16-20(3)17-28-30(25)36-29-18-22(33-21-10-13-23(14-11-21)34(4)5)12-15-27(29)32(28)26-9-7-6-8-24(26)31(35)37-32/h6-19,33H,1-5H3. The molecule has 4 aromatic rings. The first kappa shape index (κ1) is 23.2. The summed E-state index contributed by atoms with van der Waals surface area (Å²) in [5.74, 6) is 1.36. The summed E-state index contributed by atoms with van der Waals surface area (Å²) in [5, 5.41) is 3.49. The lowest BCUT2D eigenvalue weighted by Crippen LogP contribution is -2.33. The Labute approximate surface area is 217 Å². The lowest BCUT2D eigenvalue weighted by molar-refractivity contribution is 0.0223. The number of rotatable bonds is 4. The number of carbonyl (C=O) groups is 1. The lowest BCUT2D eigenvalue weighted by Gasteiger charge is -2.38. The second kappa shape index (κ2) is 8.41. The van der Waals surface area contributed by atoms with Gasteiger partial charge in [0.15, 0.2) is 5.60 Å². The Morgan fingerprint density at radius 3 is 2.30 bits per heavy atom. The summed E-state index contributed by atoms with van der Waals surface area (Å²) in [7, 11) is 4.05. The highest BCUT2D eigenvalue weighted by Gasteiger charge is 2.54. The molecule has 0 saturated carbocycles. The summed E-state index contributed by atoms with van der Waals surface area (Å²) >= 11 is 0. The van der Waals surface area contributed by atoms with E-state index in [1.54, 1.807) is 0 Å². The molecule has 0 amide bonds. The van der Waals surface area contributed by atoms with E-state index in [9.17, 15) is 4.79 Å². The summed E-state index contributed by atoms with van der Waals surface area (Å²) in [5.41, 5.74) is 7.30. The fourth-order valence-electron chi connectivity index (χ4n) is 5.46. The normalized spacial score (nSPS) is 17.1. The summed E-state index contributed by atoms with van der Waals surface area (Å²) in [6, 6.07) is 26.2. The van der Waals surface area contributed by atoms with Gasteiger partial charge in [0.25, 0.3) is 0 Å². The molecule has 6 rings (SSSR count). The van der Waals surface area contributed by atoms with E-state index in [1.165, 1.54) is 0 Å². The van der Waals surface area contributed by atoms with Crippen LogP contribution in [0.4, 0.5) is 17.1 Å². The number of hydrogen-bond acceptors (Lipinski definition) is 5. The first-order chi connectivity index (χ1) is 17.8. The highest BCUT2D eigenvalue weighted by molar-refractivity contribution is 5.97. The Balaban J connectivity index is 1.52. The maximum absolute atomic E-state index is 13.2. The van der Waals surface area contributed by atoms with Gasteiger partial charge in [-0.05, 0) is 66.9 Å². The highest BCUT2D eigenvalue weighted by Crippen LogP contribution is 2.58. The van der Waals surface area contributed by atoms with Gasteiger partial charge in [-0.15, -0.1) is 0 Å². The molecule has 1 unspecified atom stereocenters. The van der Waals surface area contributed by atoms with Crippen LogP contribution in [0.25, 0.3) is 0 Å². The zero-order chi connectivity index (χ0) is 25.9. The zero-order valence-electron chi connectivity index (χ0n) is 21.8. The van der Waals surface area contributed by atoms with E-state index in [1.807, 2.05) is 56.6 Å². The van der Waals surface area contributed by atoms with E-state index in [0.29, 0.717) is 11.3 Å². The third-order valence-corrected chi connectivity index (χ3v) is 7.28. The summed E-state index contributed by atoms with van der Waals surface area (Å²) in [6.45, 7) is 6.39. The fraction of sp³-hybridized carbons (Fsp3) is 0.219. The largest absolute Gasteiger partial charge is 0.456 e. The van der Waals surface area contributed by atoms with Crippen LogP contribution < -0.4 is 15.0 Å². The number of anilines is 3. The van der Waals surface area contributed by atoms with Crippen LogP contribution in [0.2, 0.25) is 0 Å². The molecule has 2 aliphatic rings. The minimum Gasteiger partial charge on any atom is -0.456 e. The zero-order valence-corrected chi connectivity index (χ0v) is 21.8. The van der Waals surface area contributed by atoms with Gasteiger partial charge in [-0.3, -0.25) is 0 Å². The average Bonchev–Trinajstić information content (AvgIpc) is 3.17. The molecule has 4 aromatic carbocycles. The molecule has 37 heavy (non-hydrogen) atoms. The Kier molecular flexibility index (Phi) is 5.27. The van der Waals surface area contributed by atoms with Gasteiger partial charge in [-0.25, -0.2) is 4.79 Å². The number of aryl methyl sites for hydroxylation is 1. The highest BCUT2D eigenvalue weighted by atomic mass is 16.6. The Hall–Kier alpha value is -4.25. The molecule has 186 valence electrons. The Morgan fingerprint density at radius 1 is 0.838 bits per heavy atom. The molecule has 2 heterocycles. The fourth-order valence-corrected chi connectivity index (χ4v) is 5.46. The third kappa shape index (κ3) is 3.57. The van der Waals surface area contributed by atoms with Gasteiger partial charge in [0, 0.05) is 53.9 Å². The van der Waals surface area contributed by atoms with Crippen LogP contribution in [0, 0.1) is 6.92 Å². The molecular formula is C32H30N2O3. The van der Waals surface area contributed by atoms with Crippen molar-refractivity contribution in [2.45, 2.75) is 32.3 Å². The average molecular weight is 491 g/mol. The molecule has 1 N–H and O–H groups in total. The van der Waals surface area contributed by atoms with E-state index in [0.717, 1.165) is 50.6 Å². The van der Waals surface area contributed by atoms with Crippen molar-refractivity contribution in [3.8, 4) is 11.5 Å². The van der Waals surface area contributed by atoms with E-state index in [2.05, 4.69) is 67.4 Å². The van der Waals surface area contributed by atoms with Crippen molar-refractivity contribution in [1.82, 2.24) is 0 Å². The molecule has 1 atom stereocenters. The van der Waals surface area contributed by atoms with Crippen molar-refractivity contribution >= 4 is 23.0 Å². The number of esters is 1. The smallest absolute Gasteiger partial charge is 0.340 e. The minimum absolute atomic E-state index is 0.233. The molecule has 0 aromatic heterocycles. The van der Waals surface area contributed by atoms with Crippen LogP contribution in [0.15, 0.2) is 78.9 Å². The van der Waals surface area contributed by atoms with Crippen molar-refractivity contribution in [1.29, 1.82) is 0 Å². The van der Waals surface area contributed by atoms with Gasteiger partial charge in [0.05, 0.1) is 5.56 Å². The summed E-state index contributed by atoms with van der Waals surface area (Å²) in [4.78, 5) is 15.2. The summed E-state index contributed by atoms with van der Waals surface area (Å²) < 4.78 is 13.0. The van der Waals surface area contributed by atoms with Gasteiger partial charge in [-0.1, -0.05) is 43.7 Å². The maximum Gasteiger partial charge on any atom is 0.340 e. The van der Waals surface area contributed by atoms with Crippen LogP contribution in [0.5, 0.6) is 11.5 Å². The van der Waals surface area contributed by atoms with Crippen molar-refractivity contribution in [3.63, 3.8) is 0 Å². The molecule has 5 nitrogen and oxygen atoms in total. The van der Waals surface area contributed by atoms with E-state index in [4.69, 9.17) is 9.47 Å². The second-order valence-electron chi connectivity index (χ2n) is 10.4. The second-order valence-corrected chi connectivity index (χ2v) is 10.4. The number of carbonyl (C=O) groups excluding carboxylic acids is 1. The maximum atomic E-state index is 13.2. The first-order valence-corrected chi connectivity index (χ1v) is 12.6. The monoisotopic (exact) mass is 490 g/mol. The molecule has 2 aliphatic heterocycles. The minimum atomic E-state index is -1.06. The predicted molar refractivity (Wildman–Crippen MR) is 148 cm³/mol. The van der Waals surface area contributed by atoms with Crippen molar-refractivity contribution < 1.29 is 14.3 Å². The number of nitrogens with zero attached hydrogens (tertiary/aromatic N) is 1. The number of benzene rings is 4. The molecule has 0 aliphatic carbocycles. The molecule has 5 heteroatoms. The van der Waals surface area contributed by atoms with E-state index in [-0.39, 0.29) is 11.9 Å². The molecule has 0 saturated heterocycles. The van der Waals surface area contributed by atoms with E-state index >= 15 is 0 Å². The number of nitrogens with one attached hydrogen (secondary N) is 1. The van der Waals surface area contributed by atoms with Crippen molar-refractivity contribution in [2.24, 2.45) is 0 Å². The first-order valence-electron chi connectivity index (χ1n) is 12.6. The van der Waals surface area contributed by atoms with Crippen LogP contribution >= 0.6 is 0 Å². The molecular weight excluding hydrogens is 460 g/mol. The van der Waals surface area contributed by atoms with Gasteiger partial charge in [-0.2, -0.15) is 0 Å². The van der Waals surface area contributed by atoms with Crippen molar-refractivity contribution in [3.05, 3.63) is 112 Å². The molecule has 1 spiro atoms. The number of hydrogen-bond donors (Lipinski definition) is 1. The van der Waals surface area contributed by atoms with Gasteiger partial charge < -0.3 is 19.7 Å². The quantitative estimate of drug-likeness (QED) is 0.300. The number of ether oxygens (including phenoxy) is 2. The van der Waals surface area contributed by atoms with Crippen LogP contribution in [-0.4, -0.2) is 20.1 Å². The third-order valence-electron chi connectivity index (χ3n) is 7.28. The molecule has 0 bridgehead atoms. The Morgan fingerprint density at radius 2 is 1.57 bits per heavy atom. The lowest BCUT2D eigenvalue weighted by atomic mass is 9.76. The SMILES string of the molecule is Cc1cc(C(C)C)c2c(c1)C1(OC(=O)c3ccccc31)c1ccc(Nc3ccc(N(C)C)cc3)cc1O2. The van der Waals surface area contributed by atoms with Crippen LogP contribution in [0.1, 0.15) is 57.9 Å². The Bertz CT molecular complexity index is 1540. The van der Waals surface area contributed by atoms with Crippen molar-refractivity contribution in [2.75, 3.05) is 24.3 Å². The van der Waals surface area contributed by atoms with Gasteiger partial charge in [0.1, 0.15) is 11.5 Å². The van der Waals surface area contributed by atoms with Crippen LogP contribution in [0.3, 0.4) is 0 Å². The number of fused-ring (bicyclic) bond motifs is 6. The predicted octanol–water partition coefficient (Wildman–Crippen LogP) is 7.50. The topological polar surface area (TPSA) is 50.8 Å². The molecule has 0 fully saturated rings.